The lowest BCUT2D eigenvalue weighted by Gasteiger charge is -2.31. The minimum atomic E-state index is -0.578. The Morgan fingerprint density at radius 1 is 1.12 bits per heavy atom. The van der Waals surface area contributed by atoms with Gasteiger partial charge in [-0.1, -0.05) is 43.2 Å². The van der Waals surface area contributed by atoms with Gasteiger partial charge in [0.25, 0.3) is 0 Å². The highest BCUT2D eigenvalue weighted by Gasteiger charge is 2.42. The van der Waals surface area contributed by atoms with Crippen LogP contribution < -0.4 is 16.0 Å². The third-order valence-electron chi connectivity index (χ3n) is 5.60. The fourth-order valence-electron chi connectivity index (χ4n) is 4.05. The molecule has 1 aromatic carbocycles. The molecule has 0 heterocycles. The number of carbonyl (C=O) groups excluding carboxylic acids is 2. The molecule has 0 bridgehead atoms. The summed E-state index contributed by atoms with van der Waals surface area (Å²) in [6.45, 7) is 6.45. The lowest BCUT2D eigenvalue weighted by Crippen LogP contribution is -2.50. The van der Waals surface area contributed by atoms with Crippen molar-refractivity contribution < 1.29 is 14.3 Å². The van der Waals surface area contributed by atoms with E-state index in [0.717, 1.165) is 31.2 Å². The second-order valence-corrected chi connectivity index (χ2v) is 9.60. The molecule has 1 atom stereocenters. The van der Waals surface area contributed by atoms with Gasteiger partial charge in [0.15, 0.2) is 5.96 Å². The number of nitrogens with zero attached hydrogens (tertiary/aromatic N) is 2. The van der Waals surface area contributed by atoms with Crippen LogP contribution in [0.5, 0.6) is 0 Å². The van der Waals surface area contributed by atoms with E-state index in [-0.39, 0.29) is 11.9 Å². The molecule has 32 heavy (non-hydrogen) atoms. The smallest absolute Gasteiger partial charge is 0.408 e. The second-order valence-electron chi connectivity index (χ2n) is 9.60. The molecule has 1 aromatic rings. The van der Waals surface area contributed by atoms with Crippen molar-refractivity contribution in [1.82, 2.24) is 20.9 Å². The topological polar surface area (TPSA) is 95.1 Å². The minimum absolute atomic E-state index is 0.159. The Morgan fingerprint density at radius 2 is 1.75 bits per heavy atom. The number of hydrogen-bond donors (Lipinski definition) is 3. The number of rotatable bonds is 7. The Morgan fingerprint density at radius 3 is 2.28 bits per heavy atom. The van der Waals surface area contributed by atoms with Gasteiger partial charge in [-0.05, 0) is 39.2 Å². The molecular weight excluding hydrogens is 406 g/mol. The van der Waals surface area contributed by atoms with Crippen LogP contribution in [-0.4, -0.2) is 62.7 Å². The Hall–Kier alpha value is -2.77. The van der Waals surface area contributed by atoms with Crippen molar-refractivity contribution in [1.29, 1.82) is 0 Å². The Balaban J connectivity index is 2.03. The summed E-state index contributed by atoms with van der Waals surface area (Å²) in [4.78, 5) is 31.2. The molecule has 0 spiro atoms. The maximum atomic E-state index is 12.8. The lowest BCUT2D eigenvalue weighted by molar-refractivity contribution is -0.138. The van der Waals surface area contributed by atoms with Gasteiger partial charge in [0.05, 0.1) is 11.5 Å². The second kappa shape index (κ2) is 11.2. The van der Waals surface area contributed by atoms with E-state index >= 15 is 0 Å². The first-order valence-electron chi connectivity index (χ1n) is 11.3. The van der Waals surface area contributed by atoms with E-state index in [1.165, 1.54) is 0 Å². The van der Waals surface area contributed by atoms with Crippen LogP contribution in [0, 0.1) is 5.41 Å². The molecule has 0 aromatic heterocycles. The van der Waals surface area contributed by atoms with Crippen molar-refractivity contribution in [3.05, 3.63) is 35.9 Å². The molecule has 2 rings (SSSR count). The van der Waals surface area contributed by atoms with E-state index in [4.69, 9.17) is 4.74 Å². The molecule has 178 valence electrons. The Labute approximate surface area is 192 Å². The van der Waals surface area contributed by atoms with Crippen LogP contribution in [0.4, 0.5) is 4.79 Å². The van der Waals surface area contributed by atoms with Gasteiger partial charge in [0, 0.05) is 34.2 Å². The maximum Gasteiger partial charge on any atom is 0.408 e. The molecule has 0 aliphatic heterocycles. The zero-order valence-corrected chi connectivity index (χ0v) is 20.3. The highest BCUT2D eigenvalue weighted by Crippen LogP contribution is 2.38. The minimum Gasteiger partial charge on any atom is -0.444 e. The molecular formula is C24H39N5O3. The van der Waals surface area contributed by atoms with Crippen LogP contribution in [0.25, 0.3) is 0 Å². The van der Waals surface area contributed by atoms with E-state index in [2.05, 4.69) is 20.9 Å². The van der Waals surface area contributed by atoms with Crippen molar-refractivity contribution in [3.63, 3.8) is 0 Å². The molecule has 1 aliphatic rings. The zero-order chi connectivity index (χ0) is 23.8. The molecule has 1 fully saturated rings. The van der Waals surface area contributed by atoms with Crippen LogP contribution in [0.3, 0.4) is 0 Å². The van der Waals surface area contributed by atoms with Gasteiger partial charge in [0.2, 0.25) is 5.91 Å². The SMILES string of the molecule is CN=C(NCC(NC(=O)OC(C)(C)C)c1ccccc1)NCC1(C(=O)N(C)C)CCCC1. The highest BCUT2D eigenvalue weighted by molar-refractivity contribution is 5.85. The van der Waals surface area contributed by atoms with Gasteiger partial charge in [-0.25, -0.2) is 4.79 Å². The number of hydrogen-bond acceptors (Lipinski definition) is 4. The fourth-order valence-corrected chi connectivity index (χ4v) is 4.05. The molecule has 1 saturated carbocycles. The number of carbonyl (C=O) groups is 2. The highest BCUT2D eigenvalue weighted by atomic mass is 16.6. The van der Waals surface area contributed by atoms with Crippen molar-refractivity contribution >= 4 is 18.0 Å². The normalized spacial score (nSPS) is 16.8. The molecule has 0 saturated heterocycles. The van der Waals surface area contributed by atoms with E-state index in [1.54, 1.807) is 11.9 Å². The van der Waals surface area contributed by atoms with Crippen LogP contribution in [0.1, 0.15) is 58.1 Å². The van der Waals surface area contributed by atoms with Crippen molar-refractivity contribution in [2.24, 2.45) is 10.4 Å². The lowest BCUT2D eigenvalue weighted by atomic mass is 9.84. The van der Waals surface area contributed by atoms with Gasteiger partial charge in [-0.3, -0.25) is 9.79 Å². The number of ether oxygens (including phenoxy) is 1. The van der Waals surface area contributed by atoms with Crippen molar-refractivity contribution in [3.8, 4) is 0 Å². The summed E-state index contributed by atoms with van der Waals surface area (Å²) in [6, 6.07) is 9.41. The fraction of sp³-hybridized carbons (Fsp3) is 0.625. The Kier molecular flexibility index (Phi) is 8.92. The molecule has 1 unspecified atom stereocenters. The van der Waals surface area contributed by atoms with Gasteiger partial charge < -0.3 is 25.6 Å². The molecule has 1 aliphatic carbocycles. The van der Waals surface area contributed by atoms with Crippen LogP contribution >= 0.6 is 0 Å². The molecule has 8 heteroatoms. The van der Waals surface area contributed by atoms with Crippen molar-refractivity contribution in [2.75, 3.05) is 34.2 Å². The largest absolute Gasteiger partial charge is 0.444 e. The van der Waals surface area contributed by atoms with Crippen LogP contribution in [0.15, 0.2) is 35.3 Å². The van der Waals surface area contributed by atoms with Gasteiger partial charge in [-0.2, -0.15) is 0 Å². The number of guanidine groups is 1. The number of nitrogens with one attached hydrogen (secondary N) is 3. The monoisotopic (exact) mass is 445 g/mol. The predicted octanol–water partition coefficient (Wildman–Crippen LogP) is 3.07. The molecule has 0 radical (unpaired) electrons. The summed E-state index contributed by atoms with van der Waals surface area (Å²) in [5, 5.41) is 9.56. The quantitative estimate of drug-likeness (QED) is 0.443. The summed E-state index contributed by atoms with van der Waals surface area (Å²) in [5.41, 5.74) is -0.0176. The van der Waals surface area contributed by atoms with E-state index in [1.807, 2.05) is 65.2 Å². The zero-order valence-electron chi connectivity index (χ0n) is 20.3. The number of amides is 2. The third-order valence-corrected chi connectivity index (χ3v) is 5.60. The number of aliphatic imine (C=N–C) groups is 1. The van der Waals surface area contributed by atoms with Gasteiger partial charge in [-0.15, -0.1) is 0 Å². The van der Waals surface area contributed by atoms with Crippen LogP contribution in [-0.2, 0) is 9.53 Å². The third kappa shape index (κ3) is 7.43. The first-order valence-corrected chi connectivity index (χ1v) is 11.3. The van der Waals surface area contributed by atoms with Gasteiger partial charge in [0.1, 0.15) is 5.60 Å². The Bertz CT molecular complexity index is 781. The molecule has 2 amide bonds. The number of alkyl carbamates (subject to hydrolysis) is 1. The predicted molar refractivity (Wildman–Crippen MR) is 128 cm³/mol. The van der Waals surface area contributed by atoms with E-state index < -0.39 is 17.1 Å². The summed E-state index contributed by atoms with van der Waals surface area (Å²) in [6.07, 6.45) is 3.39. The number of benzene rings is 1. The van der Waals surface area contributed by atoms with Gasteiger partial charge >= 0.3 is 6.09 Å². The molecule has 8 nitrogen and oxygen atoms in total. The van der Waals surface area contributed by atoms with Crippen LogP contribution in [0.2, 0.25) is 0 Å². The summed E-state index contributed by atoms with van der Waals surface area (Å²) < 4.78 is 5.43. The summed E-state index contributed by atoms with van der Waals surface area (Å²) in [7, 11) is 5.31. The first kappa shape index (κ1) is 25.5. The van der Waals surface area contributed by atoms with E-state index in [9.17, 15) is 9.59 Å². The van der Waals surface area contributed by atoms with E-state index in [0.29, 0.717) is 19.0 Å². The maximum absolute atomic E-state index is 12.8. The first-order chi connectivity index (χ1) is 15.1. The van der Waals surface area contributed by atoms with Crippen molar-refractivity contribution in [2.45, 2.75) is 58.1 Å². The molecule has 3 N–H and O–H groups in total. The summed E-state index contributed by atoms with van der Waals surface area (Å²) >= 11 is 0. The standard InChI is InChI=1S/C24H39N5O3/c1-23(2,3)32-22(31)28-19(18-12-8-7-9-13-18)16-26-21(25-4)27-17-24(14-10-11-15-24)20(30)29(5)6/h7-9,12-13,19H,10-11,14-17H2,1-6H3,(H,28,31)(H2,25,26,27). The summed E-state index contributed by atoms with van der Waals surface area (Å²) in [5.74, 6) is 0.751. The average Bonchev–Trinajstić information content (AvgIpc) is 3.21. The average molecular weight is 446 g/mol.